The molecular weight excluding hydrogens is 194 g/mol. The lowest BCUT2D eigenvalue weighted by molar-refractivity contribution is 0.554. The molecule has 1 heteroatoms. The first kappa shape index (κ1) is 11.1. The van der Waals surface area contributed by atoms with Crippen LogP contribution in [0.5, 0.6) is 0 Å². The van der Waals surface area contributed by atoms with Crippen molar-refractivity contribution in [3.05, 3.63) is 29.8 Å². The molecule has 1 aromatic rings. The van der Waals surface area contributed by atoms with E-state index in [0.29, 0.717) is 6.04 Å². The van der Waals surface area contributed by atoms with Crippen LogP contribution in [0.4, 0.5) is 5.69 Å². The fraction of sp³-hybridized carbons (Fsp3) is 0.467. The van der Waals surface area contributed by atoms with E-state index in [0.717, 1.165) is 19.4 Å². The highest BCUT2D eigenvalue weighted by molar-refractivity contribution is 5.56. The molecule has 1 nitrogen and oxygen atoms in total. The zero-order valence-corrected chi connectivity index (χ0v) is 9.95. The van der Waals surface area contributed by atoms with Crippen LogP contribution in [-0.2, 0) is 6.42 Å². The fourth-order valence-electron chi connectivity index (χ4n) is 2.45. The minimum atomic E-state index is 0.646. The highest BCUT2D eigenvalue weighted by atomic mass is 15.2. The molecular formula is C15H19N. The number of benzene rings is 1. The number of hydrogen-bond donors (Lipinski definition) is 0. The lowest BCUT2D eigenvalue weighted by Gasteiger charge is -2.37. The fourth-order valence-corrected chi connectivity index (χ4v) is 2.45. The Morgan fingerprint density at radius 2 is 2.25 bits per heavy atom. The summed E-state index contributed by atoms with van der Waals surface area (Å²) in [6.45, 7) is 3.40. The smallest absolute Gasteiger partial charge is 0.0401 e. The van der Waals surface area contributed by atoms with Gasteiger partial charge in [0.25, 0.3) is 0 Å². The summed E-state index contributed by atoms with van der Waals surface area (Å²) >= 11 is 0. The van der Waals surface area contributed by atoms with E-state index in [9.17, 15) is 0 Å². The highest BCUT2D eigenvalue weighted by Gasteiger charge is 2.21. The lowest BCUT2D eigenvalue weighted by atomic mass is 9.96. The van der Waals surface area contributed by atoms with E-state index in [4.69, 9.17) is 6.42 Å². The van der Waals surface area contributed by atoms with Gasteiger partial charge >= 0.3 is 0 Å². The molecule has 0 aliphatic carbocycles. The Hall–Kier alpha value is -1.42. The Morgan fingerprint density at radius 1 is 1.44 bits per heavy atom. The van der Waals surface area contributed by atoms with Gasteiger partial charge in [0.2, 0.25) is 0 Å². The van der Waals surface area contributed by atoms with Gasteiger partial charge in [-0.2, -0.15) is 0 Å². The van der Waals surface area contributed by atoms with Crippen LogP contribution in [0.2, 0.25) is 0 Å². The van der Waals surface area contributed by atoms with Crippen molar-refractivity contribution in [3.63, 3.8) is 0 Å². The zero-order valence-electron chi connectivity index (χ0n) is 9.95. The maximum absolute atomic E-state index is 5.30. The van der Waals surface area contributed by atoms with Gasteiger partial charge < -0.3 is 4.90 Å². The summed E-state index contributed by atoms with van der Waals surface area (Å²) in [5.74, 6) is 2.72. The molecule has 1 heterocycles. The molecule has 0 radical (unpaired) electrons. The number of nitrogens with zero attached hydrogens (tertiary/aromatic N) is 1. The van der Waals surface area contributed by atoms with Gasteiger partial charge in [0.1, 0.15) is 0 Å². The van der Waals surface area contributed by atoms with Crippen molar-refractivity contribution in [2.75, 3.05) is 11.4 Å². The third-order valence-electron chi connectivity index (χ3n) is 3.38. The average molecular weight is 213 g/mol. The van der Waals surface area contributed by atoms with Crippen LogP contribution in [0.1, 0.15) is 31.7 Å². The Morgan fingerprint density at radius 3 is 3.06 bits per heavy atom. The van der Waals surface area contributed by atoms with Crippen molar-refractivity contribution in [2.24, 2.45) is 0 Å². The predicted molar refractivity (Wildman–Crippen MR) is 69.6 cm³/mol. The first-order chi connectivity index (χ1) is 7.83. The number of unbranched alkanes of at least 4 members (excludes halogenated alkanes) is 1. The molecule has 0 saturated heterocycles. The summed E-state index contributed by atoms with van der Waals surface area (Å²) in [6.07, 6.45) is 9.75. The van der Waals surface area contributed by atoms with Gasteiger partial charge in [0.15, 0.2) is 0 Å². The number of rotatable bonds is 3. The third kappa shape index (κ3) is 2.22. The summed E-state index contributed by atoms with van der Waals surface area (Å²) < 4.78 is 0. The predicted octanol–water partition coefficient (Wildman–Crippen LogP) is 3.24. The number of aryl methyl sites for hydroxylation is 1. The Kier molecular flexibility index (Phi) is 3.51. The highest BCUT2D eigenvalue weighted by Crippen LogP contribution is 2.30. The number of para-hydroxylation sites is 1. The molecule has 0 aromatic heterocycles. The molecule has 1 unspecified atom stereocenters. The maximum atomic E-state index is 5.30. The minimum absolute atomic E-state index is 0.646. The quantitative estimate of drug-likeness (QED) is 0.550. The standard InChI is InChI=1S/C15H19N/c1-3-4-7-12-16-13(2)10-11-14-8-5-6-9-15(14)16/h1,5-6,8-9,13H,4,7,10-12H2,2H3. The molecule has 1 aliphatic heterocycles. The van der Waals surface area contributed by atoms with E-state index >= 15 is 0 Å². The van der Waals surface area contributed by atoms with Crippen molar-refractivity contribution >= 4 is 5.69 Å². The molecule has 0 amide bonds. The SMILES string of the molecule is C#CCCCN1c2ccccc2CCC1C. The lowest BCUT2D eigenvalue weighted by Crippen LogP contribution is -2.37. The van der Waals surface area contributed by atoms with Crippen LogP contribution in [0.25, 0.3) is 0 Å². The van der Waals surface area contributed by atoms with Crippen molar-refractivity contribution in [2.45, 2.75) is 38.6 Å². The number of fused-ring (bicyclic) bond motifs is 1. The van der Waals surface area contributed by atoms with Gasteiger partial charge in [-0.15, -0.1) is 12.3 Å². The summed E-state index contributed by atoms with van der Waals surface area (Å²) in [5.41, 5.74) is 2.90. The van der Waals surface area contributed by atoms with Gasteiger partial charge in [-0.1, -0.05) is 18.2 Å². The molecule has 0 N–H and O–H groups in total. The zero-order chi connectivity index (χ0) is 11.4. The molecule has 1 aliphatic rings. The molecule has 1 aromatic carbocycles. The molecule has 1 atom stereocenters. The largest absolute Gasteiger partial charge is 0.369 e. The molecule has 0 saturated carbocycles. The van der Waals surface area contributed by atoms with E-state index < -0.39 is 0 Å². The molecule has 0 bridgehead atoms. The van der Waals surface area contributed by atoms with E-state index in [-0.39, 0.29) is 0 Å². The number of terminal acetylenes is 1. The third-order valence-corrected chi connectivity index (χ3v) is 3.38. The van der Waals surface area contributed by atoms with Gasteiger partial charge in [-0.25, -0.2) is 0 Å². The van der Waals surface area contributed by atoms with Crippen LogP contribution in [0.3, 0.4) is 0 Å². The van der Waals surface area contributed by atoms with Gasteiger partial charge in [0.05, 0.1) is 0 Å². The molecule has 0 spiro atoms. The Labute approximate surface area is 98.5 Å². The van der Waals surface area contributed by atoms with Crippen LogP contribution in [0, 0.1) is 12.3 Å². The summed E-state index contributed by atoms with van der Waals surface area (Å²) in [6, 6.07) is 9.39. The molecule has 0 fully saturated rings. The Bertz CT molecular complexity index is 389. The second-order valence-electron chi connectivity index (χ2n) is 4.52. The van der Waals surface area contributed by atoms with Gasteiger partial charge in [-0.3, -0.25) is 0 Å². The van der Waals surface area contributed by atoms with Crippen molar-refractivity contribution in [3.8, 4) is 12.3 Å². The maximum Gasteiger partial charge on any atom is 0.0401 e. The summed E-state index contributed by atoms with van der Waals surface area (Å²) in [7, 11) is 0. The molecule has 2 rings (SSSR count). The molecule has 16 heavy (non-hydrogen) atoms. The first-order valence-electron chi connectivity index (χ1n) is 6.11. The second-order valence-corrected chi connectivity index (χ2v) is 4.52. The number of hydrogen-bond acceptors (Lipinski definition) is 1. The van der Waals surface area contributed by atoms with Crippen molar-refractivity contribution < 1.29 is 0 Å². The van der Waals surface area contributed by atoms with Gasteiger partial charge in [-0.05, 0) is 37.8 Å². The molecule has 84 valence electrons. The van der Waals surface area contributed by atoms with Crippen LogP contribution >= 0.6 is 0 Å². The monoisotopic (exact) mass is 213 g/mol. The summed E-state index contributed by atoms with van der Waals surface area (Å²) in [4.78, 5) is 2.51. The average Bonchev–Trinajstić information content (AvgIpc) is 2.32. The van der Waals surface area contributed by atoms with Crippen molar-refractivity contribution in [1.82, 2.24) is 0 Å². The summed E-state index contributed by atoms with van der Waals surface area (Å²) in [5, 5.41) is 0. The van der Waals surface area contributed by atoms with Gasteiger partial charge in [0, 0.05) is 24.7 Å². The second kappa shape index (κ2) is 5.07. The minimum Gasteiger partial charge on any atom is -0.369 e. The van der Waals surface area contributed by atoms with Crippen LogP contribution < -0.4 is 4.90 Å². The van der Waals surface area contributed by atoms with Crippen LogP contribution in [0.15, 0.2) is 24.3 Å². The topological polar surface area (TPSA) is 3.24 Å². The normalized spacial score (nSPS) is 19.0. The number of anilines is 1. The van der Waals surface area contributed by atoms with Crippen molar-refractivity contribution in [1.29, 1.82) is 0 Å². The van der Waals surface area contributed by atoms with E-state index in [2.05, 4.69) is 42.0 Å². The Balaban J connectivity index is 2.14. The van der Waals surface area contributed by atoms with E-state index in [1.807, 2.05) is 0 Å². The van der Waals surface area contributed by atoms with E-state index in [1.165, 1.54) is 24.1 Å². The van der Waals surface area contributed by atoms with Crippen LogP contribution in [-0.4, -0.2) is 12.6 Å². The van der Waals surface area contributed by atoms with E-state index in [1.54, 1.807) is 0 Å². The first-order valence-corrected chi connectivity index (χ1v) is 6.11.